The second kappa shape index (κ2) is 2.71. The van der Waals surface area contributed by atoms with E-state index in [0.717, 1.165) is 31.5 Å². The molecule has 3 rings (SSSR count). The van der Waals surface area contributed by atoms with Crippen molar-refractivity contribution in [1.82, 2.24) is 0 Å². The van der Waals surface area contributed by atoms with Gasteiger partial charge in [0.1, 0.15) is 0 Å². The molecule has 13 heavy (non-hydrogen) atoms. The van der Waals surface area contributed by atoms with Crippen molar-refractivity contribution in [2.24, 2.45) is 11.8 Å². The molecule has 74 valence electrons. The van der Waals surface area contributed by atoms with Crippen LogP contribution in [0.15, 0.2) is 0 Å². The molecule has 1 spiro atoms. The fourth-order valence-electron chi connectivity index (χ4n) is 2.92. The van der Waals surface area contributed by atoms with Crippen molar-refractivity contribution >= 4 is 0 Å². The minimum absolute atomic E-state index is 0.105. The molecule has 2 saturated heterocycles. The molecular weight excluding hydrogens is 164 g/mol. The van der Waals surface area contributed by atoms with E-state index in [2.05, 4.69) is 6.92 Å². The summed E-state index contributed by atoms with van der Waals surface area (Å²) in [6.07, 6.45) is 5.47. The Morgan fingerprint density at radius 2 is 2.15 bits per heavy atom. The van der Waals surface area contributed by atoms with E-state index in [1.807, 2.05) is 0 Å². The summed E-state index contributed by atoms with van der Waals surface area (Å²) in [5, 5.41) is 0. The molecule has 1 aliphatic carbocycles. The maximum atomic E-state index is 6.09. The van der Waals surface area contributed by atoms with Crippen molar-refractivity contribution in [3.8, 4) is 0 Å². The Morgan fingerprint density at radius 3 is 2.92 bits per heavy atom. The van der Waals surface area contributed by atoms with E-state index in [9.17, 15) is 0 Å². The smallest absolute Gasteiger partial charge is 0.0962 e. The van der Waals surface area contributed by atoms with Gasteiger partial charge in [0.15, 0.2) is 0 Å². The zero-order valence-corrected chi connectivity index (χ0v) is 8.29. The summed E-state index contributed by atoms with van der Waals surface area (Å²) < 4.78 is 11.7. The van der Waals surface area contributed by atoms with Gasteiger partial charge in [0.2, 0.25) is 0 Å². The first kappa shape index (κ1) is 8.25. The van der Waals surface area contributed by atoms with Crippen LogP contribution in [0.25, 0.3) is 0 Å². The molecule has 0 unspecified atom stereocenters. The van der Waals surface area contributed by atoms with E-state index < -0.39 is 0 Å². The summed E-state index contributed by atoms with van der Waals surface area (Å²) in [6.45, 7) is 4.07. The van der Waals surface area contributed by atoms with Gasteiger partial charge in [0, 0.05) is 13.0 Å². The monoisotopic (exact) mass is 182 g/mol. The Morgan fingerprint density at radius 1 is 1.23 bits per heavy atom. The highest BCUT2D eigenvalue weighted by atomic mass is 16.6. The van der Waals surface area contributed by atoms with Gasteiger partial charge in [-0.25, -0.2) is 0 Å². The second-order valence-corrected chi connectivity index (χ2v) is 4.93. The number of hydrogen-bond acceptors (Lipinski definition) is 2. The highest BCUT2D eigenvalue weighted by Gasteiger charge is 2.49. The average molecular weight is 182 g/mol. The summed E-state index contributed by atoms with van der Waals surface area (Å²) in [6, 6.07) is 0. The summed E-state index contributed by atoms with van der Waals surface area (Å²) in [5.41, 5.74) is 0.105. The lowest BCUT2D eigenvalue weighted by Crippen LogP contribution is -2.39. The molecule has 3 fully saturated rings. The van der Waals surface area contributed by atoms with Crippen LogP contribution in [0.1, 0.15) is 32.6 Å². The van der Waals surface area contributed by atoms with Crippen LogP contribution in [-0.4, -0.2) is 24.9 Å². The van der Waals surface area contributed by atoms with Gasteiger partial charge >= 0.3 is 0 Å². The van der Waals surface area contributed by atoms with Crippen molar-refractivity contribution in [2.45, 2.75) is 44.3 Å². The maximum Gasteiger partial charge on any atom is 0.0962 e. The Kier molecular flexibility index (Phi) is 1.72. The number of fused-ring (bicyclic) bond motifs is 1. The molecule has 0 amide bonds. The summed E-state index contributed by atoms with van der Waals surface area (Å²) in [7, 11) is 0. The molecule has 1 saturated carbocycles. The van der Waals surface area contributed by atoms with Gasteiger partial charge in [0.25, 0.3) is 0 Å². The standard InChI is InChI=1S/C11H18O2/c1-8-11(4-5-12-8)3-2-9-6-10(9)7-13-11/h8-10H,2-7H2,1H3/t8-,9-,10+,11+/m0/s1. The van der Waals surface area contributed by atoms with Gasteiger partial charge in [-0.15, -0.1) is 0 Å². The summed E-state index contributed by atoms with van der Waals surface area (Å²) in [5.74, 6) is 1.89. The number of hydrogen-bond donors (Lipinski definition) is 0. The molecule has 0 aromatic heterocycles. The van der Waals surface area contributed by atoms with Crippen molar-refractivity contribution in [1.29, 1.82) is 0 Å². The Bertz CT molecular complexity index is 202. The minimum atomic E-state index is 0.105. The SMILES string of the molecule is C[C@@H]1OCC[C@]12CC[C@H]1C[C@@H]1CO2. The van der Waals surface area contributed by atoms with Crippen LogP contribution in [0.5, 0.6) is 0 Å². The summed E-state index contributed by atoms with van der Waals surface area (Å²) >= 11 is 0. The quantitative estimate of drug-likeness (QED) is 0.570. The molecule has 2 nitrogen and oxygen atoms in total. The number of ether oxygens (including phenoxy) is 2. The molecule has 0 N–H and O–H groups in total. The Balaban J connectivity index is 1.75. The Hall–Kier alpha value is -0.0800. The predicted octanol–water partition coefficient (Wildman–Crippen LogP) is 1.98. The van der Waals surface area contributed by atoms with Crippen molar-refractivity contribution < 1.29 is 9.47 Å². The first-order valence-electron chi connectivity index (χ1n) is 5.56. The topological polar surface area (TPSA) is 18.5 Å². The molecule has 0 aromatic carbocycles. The van der Waals surface area contributed by atoms with Crippen LogP contribution in [0.3, 0.4) is 0 Å². The van der Waals surface area contributed by atoms with E-state index in [1.165, 1.54) is 19.3 Å². The first-order valence-corrected chi connectivity index (χ1v) is 5.56. The van der Waals surface area contributed by atoms with Gasteiger partial charge in [0.05, 0.1) is 18.3 Å². The molecule has 2 aliphatic heterocycles. The molecule has 4 atom stereocenters. The molecule has 2 heteroatoms. The highest BCUT2D eigenvalue weighted by Crippen LogP contribution is 2.49. The van der Waals surface area contributed by atoms with Crippen LogP contribution < -0.4 is 0 Å². The second-order valence-electron chi connectivity index (χ2n) is 4.93. The van der Waals surface area contributed by atoms with Gasteiger partial charge in [-0.05, 0) is 38.0 Å². The van der Waals surface area contributed by atoms with Crippen molar-refractivity contribution in [3.05, 3.63) is 0 Å². The lowest BCUT2D eigenvalue weighted by atomic mass is 9.90. The van der Waals surface area contributed by atoms with Crippen molar-refractivity contribution in [2.75, 3.05) is 13.2 Å². The van der Waals surface area contributed by atoms with Gasteiger partial charge < -0.3 is 9.47 Å². The summed E-state index contributed by atoms with van der Waals surface area (Å²) in [4.78, 5) is 0. The van der Waals surface area contributed by atoms with Crippen LogP contribution in [0.4, 0.5) is 0 Å². The Labute approximate surface area is 79.6 Å². The first-order chi connectivity index (χ1) is 6.30. The van der Waals surface area contributed by atoms with Crippen LogP contribution in [0, 0.1) is 11.8 Å². The van der Waals surface area contributed by atoms with Gasteiger partial charge in [-0.1, -0.05) is 0 Å². The van der Waals surface area contributed by atoms with Gasteiger partial charge in [-0.2, -0.15) is 0 Å². The molecule has 0 radical (unpaired) electrons. The van der Waals surface area contributed by atoms with Crippen molar-refractivity contribution in [3.63, 3.8) is 0 Å². The van der Waals surface area contributed by atoms with E-state index >= 15 is 0 Å². The van der Waals surface area contributed by atoms with Crippen LogP contribution in [-0.2, 0) is 9.47 Å². The number of rotatable bonds is 0. The maximum absolute atomic E-state index is 6.09. The zero-order valence-electron chi connectivity index (χ0n) is 8.29. The molecule has 3 aliphatic rings. The van der Waals surface area contributed by atoms with E-state index in [1.54, 1.807) is 0 Å². The molecule has 0 bridgehead atoms. The largest absolute Gasteiger partial charge is 0.375 e. The van der Waals surface area contributed by atoms with Crippen LogP contribution in [0.2, 0.25) is 0 Å². The highest BCUT2D eigenvalue weighted by molar-refractivity contribution is 4.98. The lowest BCUT2D eigenvalue weighted by Gasteiger charge is -2.31. The molecule has 0 aromatic rings. The third kappa shape index (κ3) is 1.23. The molecular formula is C11H18O2. The van der Waals surface area contributed by atoms with Crippen LogP contribution >= 0.6 is 0 Å². The average Bonchev–Trinajstić information content (AvgIpc) is 2.79. The van der Waals surface area contributed by atoms with Gasteiger partial charge in [-0.3, -0.25) is 0 Å². The minimum Gasteiger partial charge on any atom is -0.375 e. The third-order valence-electron chi connectivity index (χ3n) is 4.23. The van der Waals surface area contributed by atoms with E-state index in [0.29, 0.717) is 6.10 Å². The fourth-order valence-corrected chi connectivity index (χ4v) is 2.92. The van der Waals surface area contributed by atoms with E-state index in [-0.39, 0.29) is 5.60 Å². The normalized spacial score (nSPS) is 54.7. The third-order valence-corrected chi connectivity index (χ3v) is 4.23. The fraction of sp³-hybridized carbons (Fsp3) is 1.00. The predicted molar refractivity (Wildman–Crippen MR) is 49.5 cm³/mol. The lowest BCUT2D eigenvalue weighted by molar-refractivity contribution is -0.0880. The van der Waals surface area contributed by atoms with E-state index in [4.69, 9.17) is 9.47 Å². The molecule has 2 heterocycles. The zero-order chi connectivity index (χ0) is 8.89.